The second kappa shape index (κ2) is 8.19. The highest BCUT2D eigenvalue weighted by atomic mass is 16.5. The lowest BCUT2D eigenvalue weighted by molar-refractivity contribution is 0.0600. The molecule has 5 nitrogen and oxygen atoms in total. The summed E-state index contributed by atoms with van der Waals surface area (Å²) in [7, 11) is 4.76. The molecule has 0 radical (unpaired) electrons. The molecular formula is C18H21NO4. The van der Waals surface area contributed by atoms with Gasteiger partial charge < -0.3 is 19.5 Å². The van der Waals surface area contributed by atoms with E-state index in [9.17, 15) is 4.79 Å². The Morgan fingerprint density at radius 2 is 1.83 bits per heavy atom. The molecule has 0 fully saturated rings. The fourth-order valence-electron chi connectivity index (χ4n) is 2.24. The molecule has 0 aliphatic carbocycles. The van der Waals surface area contributed by atoms with Crippen LogP contribution < -0.4 is 14.8 Å². The third kappa shape index (κ3) is 4.23. The van der Waals surface area contributed by atoms with Gasteiger partial charge in [-0.15, -0.1) is 0 Å². The number of hydrogen-bond donors (Lipinski definition) is 1. The molecule has 122 valence electrons. The first-order valence-electron chi connectivity index (χ1n) is 7.32. The molecule has 0 saturated carbocycles. The molecule has 0 amide bonds. The largest absolute Gasteiger partial charge is 0.493 e. The van der Waals surface area contributed by atoms with Crippen LogP contribution >= 0.6 is 0 Å². The Morgan fingerprint density at radius 3 is 2.43 bits per heavy atom. The summed E-state index contributed by atoms with van der Waals surface area (Å²) in [5.41, 5.74) is 1.47. The van der Waals surface area contributed by atoms with Crippen LogP contribution in [0.4, 0.5) is 0 Å². The van der Waals surface area contributed by atoms with Gasteiger partial charge in [-0.1, -0.05) is 30.3 Å². The molecule has 2 rings (SSSR count). The number of hydrogen-bond acceptors (Lipinski definition) is 5. The molecule has 5 heteroatoms. The Balaban J connectivity index is 2.27. The SMILES string of the molecule is CNC[C@@H](Oc1ccc(C(=O)OC)cc1OC)c1ccccc1. The van der Waals surface area contributed by atoms with Crippen LogP contribution in [0.2, 0.25) is 0 Å². The van der Waals surface area contributed by atoms with Crippen LogP contribution in [0.5, 0.6) is 11.5 Å². The Labute approximate surface area is 136 Å². The second-order valence-corrected chi connectivity index (χ2v) is 4.93. The Bertz CT molecular complexity index is 643. The standard InChI is InChI=1S/C18H21NO4/c1-19-12-17(13-7-5-4-6-8-13)23-15-10-9-14(18(20)22-3)11-16(15)21-2/h4-11,17,19H,12H2,1-3H3/t17-/m1/s1. The average Bonchev–Trinajstić information content (AvgIpc) is 2.61. The van der Waals surface area contributed by atoms with Gasteiger partial charge in [0.25, 0.3) is 0 Å². The second-order valence-electron chi connectivity index (χ2n) is 4.93. The number of benzene rings is 2. The van der Waals surface area contributed by atoms with Gasteiger partial charge in [0.15, 0.2) is 11.5 Å². The number of likely N-dealkylation sites (N-methyl/N-ethyl adjacent to an activating group) is 1. The zero-order valence-corrected chi connectivity index (χ0v) is 13.5. The average molecular weight is 315 g/mol. The molecule has 1 atom stereocenters. The van der Waals surface area contributed by atoms with Gasteiger partial charge in [-0.05, 0) is 30.8 Å². The van der Waals surface area contributed by atoms with Crippen molar-refractivity contribution in [3.63, 3.8) is 0 Å². The first-order chi connectivity index (χ1) is 11.2. The molecule has 1 N–H and O–H groups in total. The summed E-state index contributed by atoms with van der Waals surface area (Å²) in [6, 6.07) is 14.9. The molecule has 2 aromatic rings. The first kappa shape index (κ1) is 16.8. The third-order valence-electron chi connectivity index (χ3n) is 3.41. The third-order valence-corrected chi connectivity index (χ3v) is 3.41. The topological polar surface area (TPSA) is 56.8 Å². The minimum Gasteiger partial charge on any atom is -0.493 e. The van der Waals surface area contributed by atoms with Gasteiger partial charge in [-0.25, -0.2) is 4.79 Å². The molecule has 0 aliphatic rings. The number of rotatable bonds is 7. The van der Waals surface area contributed by atoms with Crippen molar-refractivity contribution in [2.24, 2.45) is 0 Å². The van der Waals surface area contributed by atoms with Crippen molar-refractivity contribution in [3.05, 3.63) is 59.7 Å². The molecule has 0 bridgehead atoms. The van der Waals surface area contributed by atoms with E-state index in [0.29, 0.717) is 23.6 Å². The molecule has 0 aliphatic heterocycles. The number of nitrogens with one attached hydrogen (secondary N) is 1. The van der Waals surface area contributed by atoms with Crippen molar-refractivity contribution in [1.82, 2.24) is 5.32 Å². The lowest BCUT2D eigenvalue weighted by atomic mass is 10.1. The normalized spacial score (nSPS) is 11.6. The van der Waals surface area contributed by atoms with Gasteiger partial charge in [0, 0.05) is 6.54 Å². The van der Waals surface area contributed by atoms with Crippen LogP contribution in [0.15, 0.2) is 48.5 Å². The van der Waals surface area contributed by atoms with Crippen molar-refractivity contribution in [2.75, 3.05) is 27.8 Å². The minimum atomic E-state index is -0.412. The van der Waals surface area contributed by atoms with Crippen LogP contribution in [-0.4, -0.2) is 33.8 Å². The maximum absolute atomic E-state index is 11.6. The van der Waals surface area contributed by atoms with Crippen molar-refractivity contribution in [1.29, 1.82) is 0 Å². The smallest absolute Gasteiger partial charge is 0.337 e. The van der Waals surface area contributed by atoms with Crippen molar-refractivity contribution >= 4 is 5.97 Å². The fraction of sp³-hybridized carbons (Fsp3) is 0.278. The molecule has 23 heavy (non-hydrogen) atoms. The molecule has 0 saturated heterocycles. The van der Waals surface area contributed by atoms with Gasteiger partial charge >= 0.3 is 5.97 Å². The molecular weight excluding hydrogens is 294 g/mol. The van der Waals surface area contributed by atoms with E-state index in [2.05, 4.69) is 5.32 Å². The summed E-state index contributed by atoms with van der Waals surface area (Å²) in [5.74, 6) is 0.652. The number of carbonyl (C=O) groups is 1. The van der Waals surface area contributed by atoms with Gasteiger partial charge in [-0.2, -0.15) is 0 Å². The van der Waals surface area contributed by atoms with Crippen molar-refractivity contribution < 1.29 is 19.0 Å². The van der Waals surface area contributed by atoms with Gasteiger partial charge in [0.1, 0.15) is 6.10 Å². The summed E-state index contributed by atoms with van der Waals surface area (Å²) < 4.78 is 16.2. The number of ether oxygens (including phenoxy) is 3. The van der Waals surface area contributed by atoms with Crippen LogP contribution in [0.25, 0.3) is 0 Å². The van der Waals surface area contributed by atoms with Crippen LogP contribution in [-0.2, 0) is 4.74 Å². The minimum absolute atomic E-state index is 0.168. The Hall–Kier alpha value is -2.53. The quantitative estimate of drug-likeness (QED) is 0.796. The molecule has 0 heterocycles. The zero-order valence-electron chi connectivity index (χ0n) is 13.5. The van der Waals surface area contributed by atoms with Gasteiger partial charge in [0.05, 0.1) is 19.8 Å². The lowest BCUT2D eigenvalue weighted by Gasteiger charge is -2.21. The first-order valence-corrected chi connectivity index (χ1v) is 7.32. The molecule has 0 unspecified atom stereocenters. The van der Waals surface area contributed by atoms with E-state index in [1.165, 1.54) is 7.11 Å². The summed E-state index contributed by atoms with van der Waals surface area (Å²) in [6.45, 7) is 0.645. The monoisotopic (exact) mass is 315 g/mol. The van der Waals surface area contributed by atoms with Gasteiger partial charge in [0.2, 0.25) is 0 Å². The summed E-state index contributed by atoms with van der Waals surface area (Å²) >= 11 is 0. The van der Waals surface area contributed by atoms with E-state index in [-0.39, 0.29) is 6.10 Å². The highest BCUT2D eigenvalue weighted by Crippen LogP contribution is 2.32. The molecule has 0 spiro atoms. The number of esters is 1. The summed E-state index contributed by atoms with van der Waals surface area (Å²) in [4.78, 5) is 11.6. The maximum atomic E-state index is 11.6. The van der Waals surface area contributed by atoms with Crippen LogP contribution in [0, 0.1) is 0 Å². The maximum Gasteiger partial charge on any atom is 0.337 e. The van der Waals surface area contributed by atoms with E-state index in [1.54, 1.807) is 25.3 Å². The molecule has 0 aromatic heterocycles. The number of methoxy groups -OCH3 is 2. The van der Waals surface area contributed by atoms with E-state index in [4.69, 9.17) is 14.2 Å². The fourth-order valence-corrected chi connectivity index (χ4v) is 2.24. The van der Waals surface area contributed by atoms with E-state index >= 15 is 0 Å². The van der Waals surface area contributed by atoms with E-state index in [1.807, 2.05) is 37.4 Å². The lowest BCUT2D eigenvalue weighted by Crippen LogP contribution is -2.22. The summed E-state index contributed by atoms with van der Waals surface area (Å²) in [5, 5.41) is 3.12. The van der Waals surface area contributed by atoms with Crippen LogP contribution in [0.3, 0.4) is 0 Å². The highest BCUT2D eigenvalue weighted by molar-refractivity contribution is 5.90. The summed E-state index contributed by atoms with van der Waals surface area (Å²) in [6.07, 6.45) is -0.168. The predicted molar refractivity (Wildman–Crippen MR) is 88.1 cm³/mol. The van der Waals surface area contributed by atoms with Crippen molar-refractivity contribution in [2.45, 2.75) is 6.10 Å². The predicted octanol–water partition coefficient (Wildman–Crippen LogP) is 2.82. The zero-order chi connectivity index (χ0) is 16.7. The van der Waals surface area contributed by atoms with Crippen LogP contribution in [0.1, 0.15) is 22.0 Å². The Kier molecular flexibility index (Phi) is 6.00. The van der Waals surface area contributed by atoms with E-state index < -0.39 is 5.97 Å². The number of carbonyl (C=O) groups excluding carboxylic acids is 1. The Morgan fingerprint density at radius 1 is 1.09 bits per heavy atom. The van der Waals surface area contributed by atoms with E-state index in [0.717, 1.165) is 5.56 Å². The highest BCUT2D eigenvalue weighted by Gasteiger charge is 2.17. The van der Waals surface area contributed by atoms with Crippen molar-refractivity contribution in [3.8, 4) is 11.5 Å². The van der Waals surface area contributed by atoms with Gasteiger partial charge in [-0.3, -0.25) is 0 Å². The molecule has 2 aromatic carbocycles.